The zero-order chi connectivity index (χ0) is 12.4. The van der Waals surface area contributed by atoms with Gasteiger partial charge >= 0.3 is 0 Å². The van der Waals surface area contributed by atoms with Crippen LogP contribution >= 0.6 is 0 Å². The molecule has 1 saturated heterocycles. The van der Waals surface area contributed by atoms with Crippen LogP contribution < -0.4 is 5.32 Å². The van der Waals surface area contributed by atoms with E-state index in [0.717, 1.165) is 5.69 Å². The van der Waals surface area contributed by atoms with Gasteiger partial charge in [0, 0.05) is 13.2 Å². The number of carbonyl (C=O) groups is 2. The van der Waals surface area contributed by atoms with Crippen LogP contribution in [0.2, 0.25) is 0 Å². The Morgan fingerprint density at radius 2 is 2.29 bits per heavy atom. The van der Waals surface area contributed by atoms with Crippen LogP contribution in [0, 0.1) is 0 Å². The summed E-state index contributed by atoms with van der Waals surface area (Å²) in [5.74, 6) is -0.134. The first-order valence-corrected chi connectivity index (χ1v) is 5.67. The van der Waals surface area contributed by atoms with E-state index in [0.29, 0.717) is 13.0 Å². The van der Waals surface area contributed by atoms with Crippen LogP contribution in [0.15, 0.2) is 12.3 Å². The molecule has 1 aliphatic rings. The normalized spacial score (nSPS) is 20.6. The molecule has 6 heteroatoms. The summed E-state index contributed by atoms with van der Waals surface area (Å²) in [6, 6.07) is 1.46. The average molecular weight is 236 g/mol. The van der Waals surface area contributed by atoms with Crippen molar-refractivity contribution in [1.29, 1.82) is 0 Å². The Labute approximate surface area is 99.6 Å². The lowest BCUT2D eigenvalue weighted by atomic mass is 10.1. The minimum atomic E-state index is -0.389. The number of hydrogen-bond donors (Lipinski definition) is 1. The number of aryl methyl sites for hydroxylation is 1. The summed E-state index contributed by atoms with van der Waals surface area (Å²) in [5, 5.41) is 6.89. The van der Waals surface area contributed by atoms with Crippen LogP contribution in [0.1, 0.15) is 19.0 Å². The van der Waals surface area contributed by atoms with Gasteiger partial charge in [0.05, 0.1) is 12.2 Å². The third-order valence-corrected chi connectivity index (χ3v) is 2.81. The summed E-state index contributed by atoms with van der Waals surface area (Å²) < 4.78 is 1.68. The van der Waals surface area contributed by atoms with Crippen molar-refractivity contribution < 1.29 is 9.59 Å². The topological polar surface area (TPSA) is 67.2 Å². The first kappa shape index (κ1) is 11.6. The molecule has 1 fully saturated rings. The monoisotopic (exact) mass is 236 g/mol. The second kappa shape index (κ2) is 4.57. The molecule has 92 valence electrons. The molecule has 0 aromatic carbocycles. The smallest absolute Gasteiger partial charge is 0.245 e. The van der Waals surface area contributed by atoms with Gasteiger partial charge in [0.25, 0.3) is 0 Å². The van der Waals surface area contributed by atoms with Crippen molar-refractivity contribution in [2.24, 2.45) is 7.05 Å². The fourth-order valence-corrected chi connectivity index (χ4v) is 1.93. The van der Waals surface area contributed by atoms with Crippen LogP contribution in [0.4, 0.5) is 0 Å². The van der Waals surface area contributed by atoms with E-state index < -0.39 is 0 Å². The van der Waals surface area contributed by atoms with Crippen LogP contribution in [0.3, 0.4) is 0 Å². The van der Waals surface area contributed by atoms with Gasteiger partial charge in [-0.3, -0.25) is 14.3 Å². The SMILES string of the molecule is CCC1NC(=O)CN(Cc2ccn(C)n2)C1=O. The third-order valence-electron chi connectivity index (χ3n) is 2.81. The van der Waals surface area contributed by atoms with Gasteiger partial charge < -0.3 is 10.2 Å². The number of nitrogens with zero attached hydrogens (tertiary/aromatic N) is 3. The van der Waals surface area contributed by atoms with Crippen molar-refractivity contribution >= 4 is 11.8 Å². The molecule has 1 N–H and O–H groups in total. The van der Waals surface area contributed by atoms with Crippen molar-refractivity contribution in [3.8, 4) is 0 Å². The molecular formula is C11H16N4O2. The largest absolute Gasteiger partial charge is 0.343 e. The zero-order valence-electron chi connectivity index (χ0n) is 10.0. The summed E-state index contributed by atoms with van der Waals surface area (Å²) in [7, 11) is 1.82. The van der Waals surface area contributed by atoms with Gasteiger partial charge in [-0.05, 0) is 12.5 Å². The molecule has 2 heterocycles. The summed E-state index contributed by atoms with van der Waals surface area (Å²) in [6.45, 7) is 2.39. The molecule has 0 saturated carbocycles. The predicted molar refractivity (Wildman–Crippen MR) is 60.8 cm³/mol. The van der Waals surface area contributed by atoms with Gasteiger partial charge in [0.15, 0.2) is 0 Å². The number of piperazine rings is 1. The van der Waals surface area contributed by atoms with E-state index in [9.17, 15) is 9.59 Å². The molecule has 1 atom stereocenters. The van der Waals surface area contributed by atoms with E-state index in [2.05, 4.69) is 10.4 Å². The molecule has 1 aromatic heterocycles. The zero-order valence-corrected chi connectivity index (χ0v) is 10.0. The molecule has 1 aliphatic heterocycles. The highest BCUT2D eigenvalue weighted by atomic mass is 16.2. The Balaban J connectivity index is 2.09. The maximum atomic E-state index is 12.0. The van der Waals surface area contributed by atoms with Crippen LogP contribution in [-0.2, 0) is 23.2 Å². The number of hydrogen-bond acceptors (Lipinski definition) is 3. The van der Waals surface area contributed by atoms with E-state index in [1.54, 1.807) is 9.58 Å². The average Bonchev–Trinajstić information content (AvgIpc) is 2.69. The van der Waals surface area contributed by atoms with E-state index in [1.807, 2.05) is 26.2 Å². The number of aromatic nitrogens is 2. The quantitative estimate of drug-likeness (QED) is 0.780. The number of nitrogens with one attached hydrogen (secondary N) is 1. The summed E-state index contributed by atoms with van der Waals surface area (Å²) in [6.07, 6.45) is 2.43. The van der Waals surface area contributed by atoms with Crippen LogP contribution in [0.25, 0.3) is 0 Å². The number of rotatable bonds is 3. The molecule has 17 heavy (non-hydrogen) atoms. The lowest BCUT2D eigenvalue weighted by molar-refractivity contribution is -0.145. The minimum absolute atomic E-state index is 0.0299. The number of amides is 2. The van der Waals surface area contributed by atoms with E-state index in [-0.39, 0.29) is 24.4 Å². The third kappa shape index (κ3) is 2.46. The fourth-order valence-electron chi connectivity index (χ4n) is 1.93. The lowest BCUT2D eigenvalue weighted by Gasteiger charge is -2.31. The Bertz CT molecular complexity index is 440. The number of carbonyl (C=O) groups excluding carboxylic acids is 2. The van der Waals surface area contributed by atoms with Gasteiger partial charge in [-0.2, -0.15) is 5.10 Å². The molecule has 1 unspecified atom stereocenters. The Morgan fingerprint density at radius 3 is 2.88 bits per heavy atom. The van der Waals surface area contributed by atoms with E-state index >= 15 is 0 Å². The Kier molecular flexibility index (Phi) is 3.12. The van der Waals surface area contributed by atoms with Gasteiger partial charge in [-0.25, -0.2) is 0 Å². The van der Waals surface area contributed by atoms with E-state index in [4.69, 9.17) is 0 Å². The molecule has 1 aromatic rings. The predicted octanol–water partition coefficient (Wildman–Crippen LogP) is -0.343. The summed E-state index contributed by atoms with van der Waals surface area (Å²) in [4.78, 5) is 25.0. The second-order valence-electron chi connectivity index (χ2n) is 4.20. The molecule has 2 amide bonds. The van der Waals surface area contributed by atoms with Crippen LogP contribution in [0.5, 0.6) is 0 Å². The molecule has 0 radical (unpaired) electrons. The molecule has 6 nitrogen and oxygen atoms in total. The molecule has 0 bridgehead atoms. The van der Waals surface area contributed by atoms with Crippen molar-refractivity contribution in [2.45, 2.75) is 25.9 Å². The van der Waals surface area contributed by atoms with Crippen molar-refractivity contribution in [2.75, 3.05) is 6.54 Å². The fraction of sp³-hybridized carbons (Fsp3) is 0.545. The molecule has 0 spiro atoms. The minimum Gasteiger partial charge on any atom is -0.343 e. The highest BCUT2D eigenvalue weighted by molar-refractivity contribution is 5.94. The standard InChI is InChI=1S/C11H16N4O2/c1-3-9-11(17)15(7-10(16)12-9)6-8-4-5-14(2)13-8/h4-5,9H,3,6-7H2,1-2H3,(H,12,16). The highest BCUT2D eigenvalue weighted by Crippen LogP contribution is 2.09. The van der Waals surface area contributed by atoms with Crippen LogP contribution in [-0.4, -0.2) is 39.1 Å². The summed E-state index contributed by atoms with van der Waals surface area (Å²) in [5.41, 5.74) is 0.797. The van der Waals surface area contributed by atoms with Crippen molar-refractivity contribution in [3.63, 3.8) is 0 Å². The first-order chi connectivity index (χ1) is 8.10. The molecular weight excluding hydrogens is 220 g/mol. The van der Waals surface area contributed by atoms with E-state index in [1.165, 1.54) is 0 Å². The molecule has 0 aliphatic carbocycles. The van der Waals surface area contributed by atoms with Crippen molar-refractivity contribution in [3.05, 3.63) is 18.0 Å². The second-order valence-corrected chi connectivity index (χ2v) is 4.20. The van der Waals surface area contributed by atoms with Gasteiger partial charge in [0.1, 0.15) is 12.6 Å². The lowest BCUT2D eigenvalue weighted by Crippen LogP contribution is -2.57. The van der Waals surface area contributed by atoms with Gasteiger partial charge in [0.2, 0.25) is 11.8 Å². The van der Waals surface area contributed by atoms with Crippen molar-refractivity contribution in [1.82, 2.24) is 20.0 Å². The van der Waals surface area contributed by atoms with Gasteiger partial charge in [-0.15, -0.1) is 0 Å². The molecule has 2 rings (SSSR count). The Morgan fingerprint density at radius 1 is 1.53 bits per heavy atom. The summed E-state index contributed by atoms with van der Waals surface area (Å²) >= 11 is 0. The van der Waals surface area contributed by atoms with Gasteiger partial charge in [-0.1, -0.05) is 6.92 Å². The highest BCUT2D eigenvalue weighted by Gasteiger charge is 2.31. The maximum Gasteiger partial charge on any atom is 0.245 e. The maximum absolute atomic E-state index is 12.0. The first-order valence-electron chi connectivity index (χ1n) is 5.67. The Hall–Kier alpha value is -1.85.